The van der Waals surface area contributed by atoms with Crippen LogP contribution in [0.1, 0.15) is 37.7 Å². The number of phenols is 1. The van der Waals surface area contributed by atoms with E-state index in [4.69, 9.17) is 9.15 Å². The van der Waals surface area contributed by atoms with E-state index in [1.807, 2.05) is 0 Å². The number of ether oxygens (including phenoxy) is 1. The second-order valence-electron chi connectivity index (χ2n) is 12.1. The van der Waals surface area contributed by atoms with Crippen molar-refractivity contribution >= 4 is 33.4 Å². The van der Waals surface area contributed by atoms with Crippen LogP contribution in [0, 0.1) is 18.7 Å². The number of aromatic nitrogens is 2. The minimum Gasteiger partial charge on any atom is -0.508 e. The Kier molecular flexibility index (Phi) is 7.20. The third kappa shape index (κ3) is 4.95. The molecule has 2 aromatic heterocycles. The van der Waals surface area contributed by atoms with Gasteiger partial charge in [-0.2, -0.15) is 9.97 Å². The van der Waals surface area contributed by atoms with Crippen LogP contribution in [0.3, 0.4) is 0 Å². The molecular weight excluding hydrogens is 572 g/mol. The summed E-state index contributed by atoms with van der Waals surface area (Å²) >= 11 is 0. The smallest absolute Gasteiger partial charge is 0.349 e. The van der Waals surface area contributed by atoms with Gasteiger partial charge < -0.3 is 24.9 Å². The highest BCUT2D eigenvalue weighted by atomic mass is 19.1. The number of hydrogen-bond acceptors (Lipinski definition) is 9. The Bertz CT molecular complexity index is 1840. The number of hydrogen-bond donors (Lipinski definition) is 3. The maximum Gasteiger partial charge on any atom is 0.349 e. The molecule has 4 aromatic rings. The Hall–Kier alpha value is -4.16. The highest BCUT2D eigenvalue weighted by molar-refractivity contribution is 6.03. The average molecular weight is 606 g/mol. The highest BCUT2D eigenvalue weighted by Gasteiger charge is 2.49. The van der Waals surface area contributed by atoms with Crippen LogP contribution in [0.25, 0.3) is 33.0 Å². The van der Waals surface area contributed by atoms with Crippen LogP contribution >= 0.6 is 0 Å². The molecule has 12 heteroatoms. The number of carbonyl (C=O) groups is 1. The molecule has 0 unspecified atom stereocenters. The summed E-state index contributed by atoms with van der Waals surface area (Å²) in [5, 5.41) is 17.0. The van der Waals surface area contributed by atoms with E-state index in [0.717, 1.165) is 19.4 Å². The van der Waals surface area contributed by atoms with E-state index in [9.17, 15) is 19.1 Å². The molecule has 5 heterocycles. The number of carbonyl (C=O) groups excluding carboxylic acids is 1. The van der Waals surface area contributed by atoms with Gasteiger partial charge in [0.25, 0.3) is 0 Å². The van der Waals surface area contributed by atoms with Gasteiger partial charge in [0, 0.05) is 35.4 Å². The molecule has 2 aromatic carbocycles. The van der Waals surface area contributed by atoms with Crippen molar-refractivity contribution in [2.45, 2.75) is 50.7 Å². The minimum atomic E-state index is -0.941. The Morgan fingerprint density at radius 2 is 2.07 bits per heavy atom. The number of nitrogens with zero attached hydrogens (tertiary/aromatic N) is 3. The first-order valence-corrected chi connectivity index (χ1v) is 15.0. The standard InChI is InChI=1S/C32H33F2N5O5/c1-17-26-25(30(42)44-27(17)22-13-21(40)12-19-4-2-5-23(34)24(19)22)28(37-29(41)18-6-9-35-10-7-18)38-31(36-26)43-16-32-8-3-11-39(32)15-20(33)14-32/h2,4-5,12-13,18,20,35,40H,3,6-11,14-16H2,1H3,(H,36,37,38,41)/t20-,32+/m1/s1. The number of amides is 1. The monoisotopic (exact) mass is 605 g/mol. The number of benzene rings is 2. The number of piperidine rings is 1. The van der Waals surface area contributed by atoms with Crippen LogP contribution in [0.5, 0.6) is 11.8 Å². The molecule has 3 fully saturated rings. The van der Waals surface area contributed by atoms with E-state index in [0.29, 0.717) is 49.8 Å². The molecule has 7 rings (SSSR count). The van der Waals surface area contributed by atoms with Gasteiger partial charge >= 0.3 is 11.6 Å². The lowest BCUT2D eigenvalue weighted by Crippen LogP contribution is -2.43. The highest BCUT2D eigenvalue weighted by Crippen LogP contribution is 2.41. The van der Waals surface area contributed by atoms with Gasteiger partial charge in [-0.3, -0.25) is 9.69 Å². The Labute approximate surface area is 251 Å². The zero-order valence-corrected chi connectivity index (χ0v) is 24.3. The molecule has 230 valence electrons. The molecule has 3 N–H and O–H groups in total. The largest absolute Gasteiger partial charge is 0.508 e. The lowest BCUT2D eigenvalue weighted by molar-refractivity contribution is -0.120. The van der Waals surface area contributed by atoms with Crippen molar-refractivity contribution in [2.24, 2.45) is 5.92 Å². The molecule has 0 aliphatic carbocycles. The van der Waals surface area contributed by atoms with Crippen LogP contribution in [-0.2, 0) is 4.79 Å². The van der Waals surface area contributed by atoms with Crippen molar-refractivity contribution in [3.63, 3.8) is 0 Å². The summed E-state index contributed by atoms with van der Waals surface area (Å²) in [5.41, 5.74) is -0.604. The quantitative estimate of drug-likeness (QED) is 0.292. The SMILES string of the molecule is Cc1c(-c2cc(O)cc3cccc(F)c23)oc(=O)c2c(NC(=O)C3CCNCC3)nc(OC[C@@]34CCCN3C[C@H](F)C4)nc12. The topological polar surface area (TPSA) is 130 Å². The lowest BCUT2D eigenvalue weighted by atomic mass is 9.95. The van der Waals surface area contributed by atoms with Crippen LogP contribution in [0.15, 0.2) is 39.5 Å². The van der Waals surface area contributed by atoms with E-state index in [1.54, 1.807) is 13.0 Å². The molecule has 0 bridgehead atoms. The zero-order chi connectivity index (χ0) is 30.6. The van der Waals surface area contributed by atoms with E-state index >= 15 is 4.39 Å². The van der Waals surface area contributed by atoms with Gasteiger partial charge in [-0.15, -0.1) is 0 Å². The number of halogens is 2. The molecule has 44 heavy (non-hydrogen) atoms. The summed E-state index contributed by atoms with van der Waals surface area (Å²) in [6.45, 7) is 4.36. The van der Waals surface area contributed by atoms with Crippen LogP contribution in [-0.4, -0.2) is 70.4 Å². The number of fused-ring (bicyclic) bond motifs is 3. The van der Waals surface area contributed by atoms with E-state index < -0.39 is 23.2 Å². The van der Waals surface area contributed by atoms with Crippen LogP contribution in [0.2, 0.25) is 0 Å². The van der Waals surface area contributed by atoms with Crippen LogP contribution < -0.4 is 21.0 Å². The Morgan fingerprint density at radius 1 is 1.25 bits per heavy atom. The summed E-state index contributed by atoms with van der Waals surface area (Å²) < 4.78 is 41.4. The van der Waals surface area contributed by atoms with Crippen molar-refractivity contribution in [3.05, 3.63) is 52.1 Å². The molecular formula is C32H33F2N5O5. The fourth-order valence-corrected chi connectivity index (χ4v) is 7.14. The van der Waals surface area contributed by atoms with Crippen LogP contribution in [0.4, 0.5) is 14.6 Å². The van der Waals surface area contributed by atoms with Crippen molar-refractivity contribution in [1.82, 2.24) is 20.2 Å². The number of alkyl halides is 1. The summed E-state index contributed by atoms with van der Waals surface area (Å²) in [5.74, 6) is -1.26. The second-order valence-corrected chi connectivity index (χ2v) is 12.1. The third-order valence-electron chi connectivity index (χ3n) is 9.32. The third-order valence-corrected chi connectivity index (χ3v) is 9.32. The van der Waals surface area contributed by atoms with Gasteiger partial charge in [-0.05, 0) is 75.8 Å². The molecule has 0 saturated carbocycles. The maximum atomic E-state index is 15.1. The zero-order valence-electron chi connectivity index (χ0n) is 24.3. The predicted molar refractivity (Wildman–Crippen MR) is 160 cm³/mol. The van der Waals surface area contributed by atoms with Crippen molar-refractivity contribution < 1.29 is 27.8 Å². The molecule has 3 aliphatic rings. The fourth-order valence-electron chi connectivity index (χ4n) is 7.14. The second kappa shape index (κ2) is 11.1. The molecule has 0 spiro atoms. The van der Waals surface area contributed by atoms with Gasteiger partial charge in [0.05, 0.1) is 11.1 Å². The number of nitrogens with one attached hydrogen (secondary N) is 2. The first-order valence-electron chi connectivity index (χ1n) is 15.0. The van der Waals surface area contributed by atoms with Gasteiger partial charge in [0.2, 0.25) is 5.91 Å². The normalized spacial score (nSPS) is 22.5. The molecule has 1 amide bonds. The van der Waals surface area contributed by atoms with Gasteiger partial charge in [0.1, 0.15) is 35.5 Å². The molecule has 3 saturated heterocycles. The van der Waals surface area contributed by atoms with Crippen molar-refractivity contribution in [2.75, 3.05) is 38.1 Å². The Morgan fingerprint density at radius 3 is 2.89 bits per heavy atom. The number of rotatable bonds is 6. The Balaban J connectivity index is 1.36. The molecule has 10 nitrogen and oxygen atoms in total. The van der Waals surface area contributed by atoms with Gasteiger partial charge in [-0.25, -0.2) is 13.6 Å². The van der Waals surface area contributed by atoms with Crippen molar-refractivity contribution in [3.8, 4) is 23.1 Å². The lowest BCUT2D eigenvalue weighted by Gasteiger charge is -2.30. The molecule has 2 atom stereocenters. The summed E-state index contributed by atoms with van der Waals surface area (Å²) in [6, 6.07) is 7.15. The number of aromatic hydroxyl groups is 1. The fraction of sp³-hybridized carbons (Fsp3) is 0.438. The summed E-state index contributed by atoms with van der Waals surface area (Å²) in [7, 11) is 0. The maximum absolute atomic E-state index is 15.1. The van der Waals surface area contributed by atoms with E-state index in [1.165, 1.54) is 24.3 Å². The minimum absolute atomic E-state index is 0.0189. The first-order chi connectivity index (χ1) is 21.2. The van der Waals surface area contributed by atoms with Crippen molar-refractivity contribution in [1.29, 1.82) is 0 Å². The molecule has 3 aliphatic heterocycles. The predicted octanol–water partition coefficient (Wildman–Crippen LogP) is 4.45. The number of phenolic OH excluding ortho intramolecular Hbond substituents is 1. The number of aryl methyl sites for hydroxylation is 1. The summed E-state index contributed by atoms with van der Waals surface area (Å²) in [4.78, 5) is 38.1. The molecule has 0 radical (unpaired) electrons. The summed E-state index contributed by atoms with van der Waals surface area (Å²) in [6.07, 6.45) is 2.39. The number of anilines is 1. The van der Waals surface area contributed by atoms with Gasteiger partial charge in [0.15, 0.2) is 5.82 Å². The first kappa shape index (κ1) is 28.6. The average Bonchev–Trinajstić information content (AvgIpc) is 3.53. The van der Waals surface area contributed by atoms with E-state index in [-0.39, 0.29) is 63.6 Å². The van der Waals surface area contributed by atoms with Gasteiger partial charge in [-0.1, -0.05) is 12.1 Å². The van der Waals surface area contributed by atoms with E-state index in [2.05, 4.69) is 25.5 Å².